The lowest BCUT2D eigenvalue weighted by Gasteiger charge is -2.09. The summed E-state index contributed by atoms with van der Waals surface area (Å²) in [4.78, 5) is 37.6. The topological polar surface area (TPSA) is 93.8 Å². The molecule has 8 heteroatoms. The van der Waals surface area contributed by atoms with Crippen LogP contribution in [0.25, 0.3) is 17.0 Å². The Morgan fingerprint density at radius 2 is 2.00 bits per heavy atom. The van der Waals surface area contributed by atoms with Gasteiger partial charge in [0.2, 0.25) is 5.76 Å². The lowest BCUT2D eigenvalue weighted by Crippen LogP contribution is -2.30. The standard InChI is InChI=1S/C21H19N3O5/c1-3-23-11-13(15-6-4-5-7-17(15)23)10-16-19(25)24(21(27)22-16)12-14-8-9-18(29-14)20(26)28-2/h4-11H,3,12H2,1-2H3,(H,22,27)/b16-10-. The van der Waals surface area contributed by atoms with Gasteiger partial charge in [-0.15, -0.1) is 0 Å². The van der Waals surface area contributed by atoms with Crippen LogP contribution in [0, 0.1) is 0 Å². The summed E-state index contributed by atoms with van der Waals surface area (Å²) in [6.45, 7) is 2.74. The Kier molecular flexibility index (Phi) is 4.67. The molecule has 0 radical (unpaired) electrons. The minimum absolute atomic E-state index is 0.0118. The molecule has 1 saturated heterocycles. The molecule has 3 aromatic rings. The lowest BCUT2D eigenvalue weighted by atomic mass is 10.1. The first-order chi connectivity index (χ1) is 14.0. The van der Waals surface area contributed by atoms with Crippen molar-refractivity contribution in [2.75, 3.05) is 7.11 Å². The van der Waals surface area contributed by atoms with E-state index in [1.807, 2.05) is 37.4 Å². The molecule has 0 atom stereocenters. The molecule has 29 heavy (non-hydrogen) atoms. The van der Waals surface area contributed by atoms with E-state index in [0.29, 0.717) is 5.76 Å². The Morgan fingerprint density at radius 3 is 2.76 bits per heavy atom. The number of para-hydroxylation sites is 1. The van der Waals surface area contributed by atoms with Gasteiger partial charge < -0.3 is 19.0 Å². The SMILES string of the molecule is CCn1cc(/C=C2\NC(=O)N(Cc3ccc(C(=O)OC)o3)C2=O)c2ccccc21. The molecule has 148 valence electrons. The van der Waals surface area contributed by atoms with Crippen LogP contribution in [-0.4, -0.2) is 34.5 Å². The monoisotopic (exact) mass is 393 g/mol. The number of urea groups is 1. The number of fused-ring (bicyclic) bond motifs is 1. The molecule has 8 nitrogen and oxygen atoms in total. The van der Waals surface area contributed by atoms with E-state index in [1.54, 1.807) is 6.08 Å². The molecule has 1 aliphatic heterocycles. The molecular weight excluding hydrogens is 374 g/mol. The average molecular weight is 393 g/mol. The van der Waals surface area contributed by atoms with Crippen LogP contribution in [0.4, 0.5) is 4.79 Å². The molecule has 4 rings (SSSR count). The van der Waals surface area contributed by atoms with E-state index in [4.69, 9.17) is 4.42 Å². The predicted octanol–water partition coefficient (Wildman–Crippen LogP) is 3.13. The number of nitrogens with zero attached hydrogens (tertiary/aromatic N) is 2. The fraction of sp³-hybridized carbons (Fsp3) is 0.190. The van der Waals surface area contributed by atoms with Crippen molar-refractivity contribution in [2.24, 2.45) is 0 Å². The first-order valence-electron chi connectivity index (χ1n) is 9.11. The smallest absolute Gasteiger partial charge is 0.373 e. The molecule has 0 unspecified atom stereocenters. The number of imide groups is 1. The van der Waals surface area contributed by atoms with Crippen LogP contribution in [0.2, 0.25) is 0 Å². The minimum Gasteiger partial charge on any atom is -0.463 e. The van der Waals surface area contributed by atoms with Gasteiger partial charge in [-0.3, -0.25) is 9.69 Å². The summed E-state index contributed by atoms with van der Waals surface area (Å²) in [6.07, 6.45) is 3.63. The molecule has 0 aliphatic carbocycles. The van der Waals surface area contributed by atoms with Crippen LogP contribution in [0.1, 0.15) is 28.8 Å². The van der Waals surface area contributed by atoms with Gasteiger partial charge in [-0.05, 0) is 31.2 Å². The number of carbonyl (C=O) groups excluding carboxylic acids is 3. The molecule has 1 N–H and O–H groups in total. The van der Waals surface area contributed by atoms with E-state index in [-0.39, 0.29) is 18.0 Å². The van der Waals surface area contributed by atoms with Crippen LogP contribution in [0.3, 0.4) is 0 Å². The van der Waals surface area contributed by atoms with Crippen molar-refractivity contribution >= 4 is 34.9 Å². The number of furan rings is 1. The molecule has 0 spiro atoms. The highest BCUT2D eigenvalue weighted by molar-refractivity contribution is 6.14. The number of aromatic nitrogens is 1. The highest BCUT2D eigenvalue weighted by atomic mass is 16.5. The summed E-state index contributed by atoms with van der Waals surface area (Å²) in [6, 6.07) is 10.3. The number of methoxy groups -OCH3 is 1. The second-order valence-corrected chi connectivity index (χ2v) is 6.52. The maximum Gasteiger partial charge on any atom is 0.373 e. The lowest BCUT2D eigenvalue weighted by molar-refractivity contribution is -0.123. The maximum atomic E-state index is 12.8. The van der Waals surface area contributed by atoms with Gasteiger partial charge in [0.1, 0.15) is 11.5 Å². The fourth-order valence-electron chi connectivity index (χ4n) is 3.35. The highest BCUT2D eigenvalue weighted by Gasteiger charge is 2.34. The summed E-state index contributed by atoms with van der Waals surface area (Å²) in [7, 11) is 1.24. The van der Waals surface area contributed by atoms with Crippen molar-refractivity contribution in [3.05, 3.63) is 65.4 Å². The van der Waals surface area contributed by atoms with Crippen molar-refractivity contribution in [3.8, 4) is 0 Å². The van der Waals surface area contributed by atoms with Crippen LogP contribution >= 0.6 is 0 Å². The predicted molar refractivity (Wildman–Crippen MR) is 105 cm³/mol. The molecule has 1 aromatic carbocycles. The number of nitrogens with one attached hydrogen (secondary N) is 1. The van der Waals surface area contributed by atoms with Gasteiger partial charge in [-0.25, -0.2) is 9.59 Å². The minimum atomic E-state index is -0.624. The number of esters is 1. The number of rotatable bonds is 5. The summed E-state index contributed by atoms with van der Waals surface area (Å²) in [5.74, 6) is -0.767. The Labute approximate surface area is 166 Å². The number of aryl methyl sites for hydroxylation is 1. The first-order valence-corrected chi connectivity index (χ1v) is 9.11. The van der Waals surface area contributed by atoms with Crippen molar-refractivity contribution < 1.29 is 23.5 Å². The van der Waals surface area contributed by atoms with Crippen LogP contribution in [0.5, 0.6) is 0 Å². The third-order valence-corrected chi connectivity index (χ3v) is 4.78. The van der Waals surface area contributed by atoms with Crippen molar-refractivity contribution in [3.63, 3.8) is 0 Å². The molecule has 3 amide bonds. The zero-order chi connectivity index (χ0) is 20.5. The van der Waals surface area contributed by atoms with Gasteiger partial charge in [-0.2, -0.15) is 0 Å². The molecule has 1 aliphatic rings. The van der Waals surface area contributed by atoms with E-state index < -0.39 is 17.9 Å². The summed E-state index contributed by atoms with van der Waals surface area (Å²) in [5, 5.41) is 3.61. The van der Waals surface area contributed by atoms with E-state index in [1.165, 1.54) is 19.2 Å². The maximum absolute atomic E-state index is 12.8. The Morgan fingerprint density at radius 1 is 1.21 bits per heavy atom. The number of hydrogen-bond acceptors (Lipinski definition) is 5. The Hall–Kier alpha value is -3.81. The van der Waals surface area contributed by atoms with Gasteiger partial charge >= 0.3 is 12.0 Å². The second kappa shape index (κ2) is 7.31. The zero-order valence-electron chi connectivity index (χ0n) is 16.0. The number of hydrogen-bond donors (Lipinski definition) is 1. The highest BCUT2D eigenvalue weighted by Crippen LogP contribution is 2.25. The van der Waals surface area contributed by atoms with Crippen molar-refractivity contribution in [2.45, 2.75) is 20.0 Å². The van der Waals surface area contributed by atoms with Gasteiger partial charge in [-0.1, -0.05) is 18.2 Å². The number of ether oxygens (including phenoxy) is 1. The Balaban J connectivity index is 1.60. The third-order valence-electron chi connectivity index (χ3n) is 4.78. The zero-order valence-corrected chi connectivity index (χ0v) is 16.0. The van der Waals surface area contributed by atoms with Crippen LogP contribution in [-0.2, 0) is 22.6 Å². The van der Waals surface area contributed by atoms with Crippen LogP contribution in [0.15, 0.2) is 52.7 Å². The molecule has 0 bridgehead atoms. The molecule has 3 heterocycles. The normalized spacial score (nSPS) is 15.4. The summed E-state index contributed by atoms with van der Waals surface area (Å²) >= 11 is 0. The van der Waals surface area contributed by atoms with E-state index >= 15 is 0 Å². The van der Waals surface area contributed by atoms with Crippen LogP contribution < -0.4 is 5.32 Å². The first kappa shape index (κ1) is 18.5. The quantitative estimate of drug-likeness (QED) is 0.408. The molecular formula is C21H19N3O5. The molecule has 0 saturated carbocycles. The summed E-state index contributed by atoms with van der Waals surface area (Å²) in [5.41, 5.74) is 2.09. The van der Waals surface area contributed by atoms with Gasteiger partial charge in [0.25, 0.3) is 5.91 Å². The molecule has 2 aromatic heterocycles. The molecule has 1 fully saturated rings. The van der Waals surface area contributed by atoms with E-state index in [9.17, 15) is 14.4 Å². The average Bonchev–Trinajstić information content (AvgIpc) is 3.41. The largest absolute Gasteiger partial charge is 0.463 e. The Bertz CT molecular complexity index is 1150. The number of amides is 3. The third kappa shape index (κ3) is 3.29. The van der Waals surface area contributed by atoms with Crippen molar-refractivity contribution in [1.82, 2.24) is 14.8 Å². The van der Waals surface area contributed by atoms with E-state index in [2.05, 4.69) is 14.6 Å². The van der Waals surface area contributed by atoms with E-state index in [0.717, 1.165) is 27.9 Å². The van der Waals surface area contributed by atoms with Gasteiger partial charge in [0, 0.05) is 29.2 Å². The van der Waals surface area contributed by atoms with Gasteiger partial charge in [0.05, 0.1) is 13.7 Å². The number of benzene rings is 1. The number of carbonyl (C=O) groups is 3. The summed E-state index contributed by atoms with van der Waals surface area (Å²) < 4.78 is 12.0. The fourth-order valence-corrected chi connectivity index (χ4v) is 3.35. The van der Waals surface area contributed by atoms with Crippen molar-refractivity contribution in [1.29, 1.82) is 0 Å². The second-order valence-electron chi connectivity index (χ2n) is 6.52. The van der Waals surface area contributed by atoms with Gasteiger partial charge in [0.15, 0.2) is 0 Å².